The second kappa shape index (κ2) is 9.68. The largest absolute Gasteiger partial charge is 0.504 e. The number of allylic oxidation sites excluding steroid dienone is 2. The highest BCUT2D eigenvalue weighted by molar-refractivity contribution is 14.1. The number of hydrogen-bond donors (Lipinski definition) is 2. The summed E-state index contributed by atoms with van der Waals surface area (Å²) in [7, 11) is 2.68. The van der Waals surface area contributed by atoms with Gasteiger partial charge >= 0.3 is 5.97 Å². The first kappa shape index (κ1) is 28.9. The van der Waals surface area contributed by atoms with Crippen LogP contribution in [0.5, 0.6) is 11.5 Å². The number of methoxy groups -OCH3 is 1. The highest BCUT2D eigenvalue weighted by Crippen LogP contribution is 2.65. The lowest BCUT2D eigenvalue weighted by molar-refractivity contribution is -0.138. The number of carboxylic acid groups (broad SMARTS) is 1. The van der Waals surface area contributed by atoms with E-state index in [1.165, 1.54) is 44.5 Å². The summed E-state index contributed by atoms with van der Waals surface area (Å²) < 4.78 is 5.77. The molecule has 13 heteroatoms. The summed E-state index contributed by atoms with van der Waals surface area (Å²) in [6.45, 7) is 0. The van der Waals surface area contributed by atoms with E-state index in [-0.39, 0.29) is 35.6 Å². The Bertz CT molecular complexity index is 1660. The Labute approximate surface area is 263 Å². The standard InChI is InChI=1S/C29H23Cl2IN2O8/c1-33-26(40)28(30)11-17-15(21(29(28,31)27(33)41)13-9-18(32)22(35)19(10-13)42-2)6-7-16-20(17)24(37)34(23(16)36)14-5-3-4-12(8-14)25(38)39/h3-6,8-10,16-17,20-21,35H,7,11H2,1-2H3,(H,38,39)/t16-,17+,20-,21-,28+,29-/m0/s1. The van der Waals surface area contributed by atoms with Crippen molar-refractivity contribution >= 4 is 81.1 Å². The fourth-order valence-corrected chi connectivity index (χ4v) is 8.71. The second-order valence-corrected chi connectivity index (χ2v) is 13.3. The summed E-state index contributed by atoms with van der Waals surface area (Å²) in [5, 5.41) is 20.0. The van der Waals surface area contributed by atoms with E-state index in [1.54, 1.807) is 12.1 Å². The Morgan fingerprint density at radius 1 is 1.07 bits per heavy atom. The van der Waals surface area contributed by atoms with Gasteiger partial charge in [0.1, 0.15) is 0 Å². The topological polar surface area (TPSA) is 142 Å². The second-order valence-electron chi connectivity index (χ2n) is 10.9. The van der Waals surface area contributed by atoms with Crippen molar-refractivity contribution in [1.82, 2.24) is 4.90 Å². The average Bonchev–Trinajstić information content (AvgIpc) is 3.29. The number of anilines is 1. The quantitative estimate of drug-likeness (QED) is 0.210. The minimum absolute atomic E-state index is 0.0832. The maximum Gasteiger partial charge on any atom is 0.335 e. The number of phenols is 1. The third kappa shape index (κ3) is 3.65. The third-order valence-corrected chi connectivity index (χ3v) is 11.2. The number of aromatic carboxylic acids is 1. The summed E-state index contributed by atoms with van der Waals surface area (Å²) in [5.41, 5.74) is 1.08. The van der Waals surface area contributed by atoms with E-state index < -0.39 is 63.0 Å². The summed E-state index contributed by atoms with van der Waals surface area (Å²) >= 11 is 16.3. The van der Waals surface area contributed by atoms with E-state index >= 15 is 0 Å². The van der Waals surface area contributed by atoms with Gasteiger partial charge in [-0.05, 0) is 77.2 Å². The lowest BCUT2D eigenvalue weighted by Gasteiger charge is -2.50. The van der Waals surface area contributed by atoms with E-state index in [1.807, 2.05) is 22.6 Å². The number of rotatable bonds is 4. The number of aromatic hydroxyl groups is 1. The minimum atomic E-state index is -1.97. The first-order chi connectivity index (χ1) is 19.8. The van der Waals surface area contributed by atoms with Crippen LogP contribution < -0.4 is 9.64 Å². The van der Waals surface area contributed by atoms with Crippen LogP contribution in [0.2, 0.25) is 0 Å². The number of carbonyl (C=O) groups is 5. The Hall–Kier alpha value is -3.16. The number of benzene rings is 2. The number of alkyl halides is 2. The zero-order chi connectivity index (χ0) is 30.5. The van der Waals surface area contributed by atoms with Crippen LogP contribution in [0, 0.1) is 21.3 Å². The Balaban J connectivity index is 1.52. The Morgan fingerprint density at radius 2 is 1.79 bits per heavy atom. The van der Waals surface area contributed by atoms with Crippen LogP contribution in [0.4, 0.5) is 5.69 Å². The molecular formula is C29H23Cl2IN2O8. The van der Waals surface area contributed by atoms with Gasteiger partial charge in [-0.15, -0.1) is 23.2 Å². The van der Waals surface area contributed by atoms with Gasteiger partial charge in [0.05, 0.1) is 33.8 Å². The molecular weight excluding hydrogens is 702 g/mol. The summed E-state index contributed by atoms with van der Waals surface area (Å²) in [4.78, 5) is 64.6. The van der Waals surface area contributed by atoms with Crippen LogP contribution in [0.1, 0.15) is 34.7 Å². The Morgan fingerprint density at radius 3 is 2.45 bits per heavy atom. The first-order valence-electron chi connectivity index (χ1n) is 13.0. The number of nitrogens with zero attached hydrogens (tertiary/aromatic N) is 2. The van der Waals surface area contributed by atoms with Crippen molar-refractivity contribution < 1.29 is 38.9 Å². The van der Waals surface area contributed by atoms with Gasteiger partial charge in [-0.1, -0.05) is 17.7 Å². The number of ether oxygens (including phenoxy) is 1. The van der Waals surface area contributed by atoms with Gasteiger partial charge in [0, 0.05) is 13.0 Å². The fraction of sp³-hybridized carbons (Fsp3) is 0.345. The molecule has 0 radical (unpaired) electrons. The van der Waals surface area contributed by atoms with Crippen molar-refractivity contribution in [3.63, 3.8) is 0 Å². The van der Waals surface area contributed by atoms with Gasteiger partial charge in [0.15, 0.2) is 21.2 Å². The molecule has 2 aromatic carbocycles. The monoisotopic (exact) mass is 724 g/mol. The van der Waals surface area contributed by atoms with Crippen molar-refractivity contribution in [2.45, 2.75) is 28.5 Å². The van der Waals surface area contributed by atoms with E-state index in [0.29, 0.717) is 14.7 Å². The molecule has 3 fully saturated rings. The van der Waals surface area contributed by atoms with Gasteiger partial charge < -0.3 is 14.9 Å². The molecule has 0 spiro atoms. The van der Waals surface area contributed by atoms with Crippen LogP contribution >= 0.6 is 45.8 Å². The number of phenolic OH excluding ortho intramolecular Hbond substituents is 1. The molecule has 42 heavy (non-hydrogen) atoms. The number of carbonyl (C=O) groups excluding carboxylic acids is 4. The summed E-state index contributed by atoms with van der Waals surface area (Å²) in [6.07, 6.45) is 1.77. The van der Waals surface area contributed by atoms with Crippen molar-refractivity contribution in [1.29, 1.82) is 0 Å². The zero-order valence-corrected chi connectivity index (χ0v) is 25.8. The molecule has 2 aliphatic heterocycles. The zero-order valence-electron chi connectivity index (χ0n) is 22.1. The van der Waals surface area contributed by atoms with Crippen LogP contribution in [0.25, 0.3) is 0 Å². The predicted octanol–water partition coefficient (Wildman–Crippen LogP) is 3.90. The van der Waals surface area contributed by atoms with Gasteiger partial charge in [-0.2, -0.15) is 0 Å². The molecule has 0 bridgehead atoms. The molecule has 4 aliphatic rings. The predicted molar refractivity (Wildman–Crippen MR) is 159 cm³/mol. The molecule has 4 amide bonds. The first-order valence-corrected chi connectivity index (χ1v) is 14.8. The lowest BCUT2D eigenvalue weighted by Crippen LogP contribution is -2.60. The molecule has 2 aromatic rings. The third-order valence-electron chi connectivity index (χ3n) is 8.97. The normalized spacial score (nSPS) is 32.0. The van der Waals surface area contributed by atoms with Gasteiger partial charge in [-0.3, -0.25) is 29.0 Å². The molecule has 2 N–H and O–H groups in total. The minimum Gasteiger partial charge on any atom is -0.504 e. The van der Waals surface area contributed by atoms with Crippen molar-refractivity contribution in [3.8, 4) is 11.5 Å². The van der Waals surface area contributed by atoms with Crippen molar-refractivity contribution in [2.24, 2.45) is 17.8 Å². The number of hydrogen-bond acceptors (Lipinski definition) is 7. The van der Waals surface area contributed by atoms with Crippen LogP contribution in [0.15, 0.2) is 48.0 Å². The fourth-order valence-electron chi connectivity index (χ4n) is 7.07. The highest BCUT2D eigenvalue weighted by atomic mass is 127. The average molecular weight is 725 g/mol. The smallest absolute Gasteiger partial charge is 0.335 e. The van der Waals surface area contributed by atoms with Crippen molar-refractivity contribution in [2.75, 3.05) is 19.1 Å². The van der Waals surface area contributed by atoms with Crippen LogP contribution in [-0.2, 0) is 19.2 Å². The maximum atomic E-state index is 14.1. The van der Waals surface area contributed by atoms with Crippen LogP contribution in [-0.4, -0.2) is 68.6 Å². The van der Waals surface area contributed by atoms with E-state index in [4.69, 9.17) is 27.9 Å². The summed E-state index contributed by atoms with van der Waals surface area (Å²) in [5.74, 6) is -7.12. The van der Waals surface area contributed by atoms with Crippen LogP contribution in [0.3, 0.4) is 0 Å². The van der Waals surface area contributed by atoms with Gasteiger partial charge in [0.2, 0.25) is 11.8 Å². The van der Waals surface area contributed by atoms with Gasteiger partial charge in [0.25, 0.3) is 11.8 Å². The van der Waals surface area contributed by atoms with Gasteiger partial charge in [-0.25, -0.2) is 4.79 Å². The molecule has 6 atom stereocenters. The number of imide groups is 2. The van der Waals surface area contributed by atoms with E-state index in [9.17, 15) is 34.2 Å². The highest BCUT2D eigenvalue weighted by Gasteiger charge is 2.76. The molecule has 2 saturated heterocycles. The molecule has 218 valence electrons. The number of fused-ring (bicyclic) bond motifs is 4. The molecule has 0 aromatic heterocycles. The molecule has 6 rings (SSSR count). The SMILES string of the molecule is COc1cc([C@H]2C3=CC[C@@H]4C(=O)N(c5cccc(C(=O)O)c5)C(=O)[C@@H]4[C@@H]3C[C@@]3(Cl)C(=O)N(C)C(=O)[C@@]23Cl)cc(I)c1O. The molecule has 2 heterocycles. The van der Waals surface area contributed by atoms with Crippen molar-refractivity contribution in [3.05, 3.63) is 62.7 Å². The molecule has 10 nitrogen and oxygen atoms in total. The number of halogens is 3. The summed E-state index contributed by atoms with van der Waals surface area (Å²) in [6, 6.07) is 8.72. The lowest BCUT2D eigenvalue weighted by atomic mass is 9.56. The maximum absolute atomic E-state index is 14.1. The number of carboxylic acids is 1. The Kier molecular flexibility index (Phi) is 6.67. The molecule has 2 aliphatic carbocycles. The molecule has 1 saturated carbocycles. The number of likely N-dealkylation sites (tertiary alicyclic amines) is 1. The van der Waals surface area contributed by atoms with E-state index in [0.717, 1.165) is 9.80 Å². The number of amides is 4. The van der Waals surface area contributed by atoms with E-state index in [2.05, 4.69) is 0 Å². The molecule has 0 unspecified atom stereocenters.